The lowest BCUT2D eigenvalue weighted by molar-refractivity contribution is -0.118. The molecule has 0 fully saturated rings. The van der Waals surface area contributed by atoms with Gasteiger partial charge in [-0.1, -0.05) is 41.9 Å². The van der Waals surface area contributed by atoms with Gasteiger partial charge in [-0.2, -0.15) is 5.26 Å². The molecule has 124 valence electrons. The van der Waals surface area contributed by atoms with Gasteiger partial charge in [0.1, 0.15) is 11.8 Å². The molecule has 0 bridgehead atoms. The van der Waals surface area contributed by atoms with Crippen molar-refractivity contribution < 1.29 is 9.53 Å². The molecule has 5 nitrogen and oxygen atoms in total. The number of carbonyl (C=O) groups is 1. The average Bonchev–Trinajstić information content (AvgIpc) is 3.08. The third-order valence-corrected chi connectivity index (χ3v) is 4.35. The van der Waals surface area contributed by atoms with Gasteiger partial charge in [0.05, 0.1) is 11.3 Å². The van der Waals surface area contributed by atoms with Crippen molar-refractivity contribution >= 4 is 34.0 Å². The Morgan fingerprint density at radius 3 is 2.80 bits per heavy atom. The quantitative estimate of drug-likeness (QED) is 0.725. The molecule has 0 unspecified atom stereocenters. The smallest absolute Gasteiger partial charge is 0.264 e. The van der Waals surface area contributed by atoms with E-state index in [0.717, 1.165) is 5.56 Å². The SMILES string of the molecule is N#Cc1ccccc1OCC(=O)Nc1nc(-c2ccccc2Cl)cs1. The third kappa shape index (κ3) is 4.15. The Balaban J connectivity index is 1.63. The number of thiazole rings is 1. The van der Waals surface area contributed by atoms with Crippen molar-refractivity contribution in [3.63, 3.8) is 0 Å². The van der Waals surface area contributed by atoms with E-state index in [1.165, 1.54) is 11.3 Å². The van der Waals surface area contributed by atoms with Gasteiger partial charge in [0, 0.05) is 16.0 Å². The summed E-state index contributed by atoms with van der Waals surface area (Å²) in [6.45, 7) is -0.209. The van der Waals surface area contributed by atoms with Crippen LogP contribution < -0.4 is 10.1 Å². The maximum atomic E-state index is 12.0. The van der Waals surface area contributed by atoms with Crippen LogP contribution in [0.1, 0.15) is 5.56 Å². The Hall–Kier alpha value is -2.88. The van der Waals surface area contributed by atoms with Crippen LogP contribution in [-0.4, -0.2) is 17.5 Å². The molecule has 0 atom stereocenters. The van der Waals surface area contributed by atoms with E-state index in [1.807, 2.05) is 29.6 Å². The Bertz CT molecular complexity index is 949. The lowest BCUT2D eigenvalue weighted by Crippen LogP contribution is -2.20. The Labute approximate surface area is 153 Å². The van der Waals surface area contributed by atoms with Crippen LogP contribution >= 0.6 is 22.9 Å². The summed E-state index contributed by atoms with van der Waals surface area (Å²) in [6.07, 6.45) is 0. The van der Waals surface area contributed by atoms with Crippen molar-refractivity contribution in [3.05, 3.63) is 64.5 Å². The summed E-state index contributed by atoms with van der Waals surface area (Å²) in [6, 6.07) is 16.1. The highest BCUT2D eigenvalue weighted by Gasteiger charge is 2.11. The van der Waals surface area contributed by atoms with Crippen LogP contribution in [0.2, 0.25) is 5.02 Å². The van der Waals surface area contributed by atoms with Gasteiger partial charge >= 0.3 is 0 Å². The maximum Gasteiger partial charge on any atom is 0.264 e. The number of hydrogen-bond acceptors (Lipinski definition) is 5. The van der Waals surface area contributed by atoms with Crippen molar-refractivity contribution in [2.45, 2.75) is 0 Å². The molecule has 0 aliphatic heterocycles. The molecule has 2 aromatic carbocycles. The van der Waals surface area contributed by atoms with E-state index in [0.29, 0.717) is 27.2 Å². The molecule has 3 aromatic rings. The molecule has 1 amide bonds. The summed E-state index contributed by atoms with van der Waals surface area (Å²) < 4.78 is 5.39. The molecule has 0 saturated carbocycles. The molecule has 0 saturated heterocycles. The maximum absolute atomic E-state index is 12.0. The topological polar surface area (TPSA) is 75.0 Å². The zero-order valence-electron chi connectivity index (χ0n) is 12.9. The molecule has 1 heterocycles. The summed E-state index contributed by atoms with van der Waals surface area (Å²) in [5.74, 6) is 0.0175. The Kier molecular flexibility index (Phi) is 5.29. The van der Waals surface area contributed by atoms with Gasteiger partial charge in [0.15, 0.2) is 11.7 Å². The molecule has 7 heteroatoms. The number of hydrogen-bond donors (Lipinski definition) is 1. The monoisotopic (exact) mass is 369 g/mol. The van der Waals surface area contributed by atoms with Gasteiger partial charge in [0.2, 0.25) is 0 Å². The van der Waals surface area contributed by atoms with E-state index in [4.69, 9.17) is 21.6 Å². The summed E-state index contributed by atoms with van der Waals surface area (Å²) in [5.41, 5.74) is 1.88. The molecule has 0 aliphatic carbocycles. The minimum Gasteiger partial charge on any atom is -0.482 e. The minimum atomic E-state index is -0.354. The second-order valence-corrected chi connectivity index (χ2v) is 6.23. The normalized spacial score (nSPS) is 10.1. The fraction of sp³-hybridized carbons (Fsp3) is 0.0556. The number of benzene rings is 2. The highest BCUT2D eigenvalue weighted by atomic mass is 35.5. The van der Waals surface area contributed by atoms with E-state index in [1.54, 1.807) is 30.3 Å². The first-order valence-electron chi connectivity index (χ1n) is 7.29. The van der Waals surface area contributed by atoms with E-state index < -0.39 is 0 Å². The number of anilines is 1. The fourth-order valence-electron chi connectivity index (χ4n) is 2.11. The molecule has 0 radical (unpaired) electrons. The van der Waals surface area contributed by atoms with Gasteiger partial charge in [-0.3, -0.25) is 10.1 Å². The van der Waals surface area contributed by atoms with Crippen LogP contribution in [0.25, 0.3) is 11.3 Å². The van der Waals surface area contributed by atoms with Crippen LogP contribution in [0, 0.1) is 11.3 Å². The number of nitriles is 1. The molecule has 3 rings (SSSR count). The Morgan fingerprint density at radius 2 is 2.00 bits per heavy atom. The average molecular weight is 370 g/mol. The van der Waals surface area contributed by atoms with Crippen molar-refractivity contribution in [2.75, 3.05) is 11.9 Å². The third-order valence-electron chi connectivity index (χ3n) is 3.27. The summed E-state index contributed by atoms with van der Waals surface area (Å²) in [4.78, 5) is 16.4. The molecule has 1 N–H and O–H groups in total. The first-order valence-corrected chi connectivity index (χ1v) is 8.55. The van der Waals surface area contributed by atoms with Crippen molar-refractivity contribution in [2.24, 2.45) is 0 Å². The van der Waals surface area contributed by atoms with E-state index in [9.17, 15) is 4.79 Å². The molecule has 0 spiro atoms. The lowest BCUT2D eigenvalue weighted by atomic mass is 10.2. The summed E-state index contributed by atoms with van der Waals surface area (Å²) in [7, 11) is 0. The summed E-state index contributed by atoms with van der Waals surface area (Å²) >= 11 is 7.45. The van der Waals surface area contributed by atoms with Crippen molar-refractivity contribution in [1.29, 1.82) is 5.26 Å². The zero-order valence-corrected chi connectivity index (χ0v) is 14.5. The number of amides is 1. The van der Waals surface area contributed by atoms with E-state index in [-0.39, 0.29) is 12.5 Å². The van der Waals surface area contributed by atoms with Crippen LogP contribution in [0.3, 0.4) is 0 Å². The van der Waals surface area contributed by atoms with Crippen LogP contribution in [-0.2, 0) is 4.79 Å². The van der Waals surface area contributed by atoms with Gasteiger partial charge in [-0.25, -0.2) is 4.98 Å². The first kappa shape index (κ1) is 17.0. The number of aromatic nitrogens is 1. The van der Waals surface area contributed by atoms with Crippen LogP contribution in [0.5, 0.6) is 5.75 Å². The van der Waals surface area contributed by atoms with Gasteiger partial charge in [0.25, 0.3) is 5.91 Å². The summed E-state index contributed by atoms with van der Waals surface area (Å²) in [5, 5.41) is 14.6. The molecule has 25 heavy (non-hydrogen) atoms. The Morgan fingerprint density at radius 1 is 1.24 bits per heavy atom. The van der Waals surface area contributed by atoms with Crippen molar-refractivity contribution in [1.82, 2.24) is 4.98 Å². The highest BCUT2D eigenvalue weighted by Crippen LogP contribution is 2.30. The first-order chi connectivity index (χ1) is 12.2. The number of halogens is 1. The molecular formula is C18H12ClN3O2S. The van der Waals surface area contributed by atoms with Crippen molar-refractivity contribution in [3.8, 4) is 23.1 Å². The van der Waals surface area contributed by atoms with Crippen LogP contribution in [0.15, 0.2) is 53.9 Å². The zero-order chi connectivity index (χ0) is 17.6. The molecular weight excluding hydrogens is 358 g/mol. The van der Waals surface area contributed by atoms with Gasteiger partial charge in [-0.15, -0.1) is 11.3 Å². The lowest BCUT2D eigenvalue weighted by Gasteiger charge is -2.07. The number of para-hydroxylation sites is 1. The fourth-order valence-corrected chi connectivity index (χ4v) is 3.07. The number of ether oxygens (including phenoxy) is 1. The van der Waals surface area contributed by atoms with E-state index in [2.05, 4.69) is 10.3 Å². The van der Waals surface area contributed by atoms with Gasteiger partial charge < -0.3 is 4.74 Å². The minimum absolute atomic E-state index is 0.209. The van der Waals surface area contributed by atoms with E-state index >= 15 is 0 Å². The number of carbonyl (C=O) groups excluding carboxylic acids is 1. The second-order valence-electron chi connectivity index (χ2n) is 4.96. The molecule has 0 aliphatic rings. The standard InChI is InChI=1S/C18H12ClN3O2S/c19-14-7-3-2-6-13(14)15-11-25-18(21-15)22-17(23)10-24-16-8-4-1-5-12(16)9-20/h1-8,11H,10H2,(H,21,22,23). The molecule has 1 aromatic heterocycles. The largest absolute Gasteiger partial charge is 0.482 e. The number of nitrogens with one attached hydrogen (secondary N) is 1. The highest BCUT2D eigenvalue weighted by molar-refractivity contribution is 7.14. The van der Waals surface area contributed by atoms with Crippen LogP contribution in [0.4, 0.5) is 5.13 Å². The number of nitrogens with zero attached hydrogens (tertiary/aromatic N) is 2. The number of rotatable bonds is 5. The predicted molar refractivity (Wildman–Crippen MR) is 97.8 cm³/mol. The second kappa shape index (κ2) is 7.79. The predicted octanol–water partition coefficient (Wildman–Crippen LogP) is 4.35. The van der Waals surface area contributed by atoms with Gasteiger partial charge in [-0.05, 0) is 18.2 Å².